The lowest BCUT2D eigenvalue weighted by atomic mass is 9.86. The third kappa shape index (κ3) is 8.93. The molecular formula is C48H57ClN10O8. The van der Waals surface area contributed by atoms with Crippen LogP contribution in [-0.2, 0) is 19.1 Å². The number of nitrogens with one attached hydrogen (secondary N) is 3. The first-order valence-corrected chi connectivity index (χ1v) is 23.7. The molecule has 4 aliphatic heterocycles. The van der Waals surface area contributed by atoms with Gasteiger partial charge in [0.05, 0.1) is 35.0 Å². The number of hydrogen-bond acceptors (Lipinski definition) is 14. The van der Waals surface area contributed by atoms with Gasteiger partial charge in [-0.05, 0) is 101 Å². The van der Waals surface area contributed by atoms with Gasteiger partial charge in [0, 0.05) is 81.1 Å². The van der Waals surface area contributed by atoms with Gasteiger partial charge >= 0.3 is 0 Å². The zero-order valence-corrected chi connectivity index (χ0v) is 39.2. The molecule has 4 fully saturated rings. The number of imide groups is 2. The van der Waals surface area contributed by atoms with Crippen molar-refractivity contribution in [1.82, 2.24) is 35.0 Å². The molecule has 1 unspecified atom stereocenters. The molecule has 5 aliphatic rings. The Bertz CT molecular complexity index is 2700. The van der Waals surface area contributed by atoms with E-state index in [1.54, 1.807) is 22.9 Å². The quantitative estimate of drug-likeness (QED) is 0.156. The SMILES string of the molecule is CC[C@@H]1CN(C2CC(OC3CCN(c4ncc(Cl)c(Nc5ccc6c(c5)cc(OCC(=O)NC)c(=O)n6C(C)C)n4)CC3)C2)CCN1c1ccc2c(c1C)C(=O)N(C1CCC(=O)NC1=O)C2=O. The molecular weight excluding hydrogens is 880 g/mol. The number of piperazine rings is 1. The first-order chi connectivity index (χ1) is 32.2. The summed E-state index contributed by atoms with van der Waals surface area (Å²) in [6, 6.07) is 10.4. The summed E-state index contributed by atoms with van der Waals surface area (Å²) >= 11 is 6.61. The van der Waals surface area contributed by atoms with Gasteiger partial charge in [0.1, 0.15) is 11.1 Å². The Morgan fingerprint density at radius 3 is 2.46 bits per heavy atom. The van der Waals surface area contributed by atoms with Gasteiger partial charge in [-0.2, -0.15) is 4.98 Å². The van der Waals surface area contributed by atoms with Crippen molar-refractivity contribution in [3.05, 3.63) is 74.7 Å². The van der Waals surface area contributed by atoms with Crippen LogP contribution in [0.25, 0.3) is 10.9 Å². The molecule has 3 N–H and O–H groups in total. The Kier molecular flexibility index (Phi) is 13.0. The summed E-state index contributed by atoms with van der Waals surface area (Å²) in [5.41, 5.74) is 3.44. The smallest absolute Gasteiger partial charge is 0.293 e. The lowest BCUT2D eigenvalue weighted by Gasteiger charge is -2.50. The molecule has 1 aliphatic carbocycles. The topological polar surface area (TPSA) is 201 Å². The maximum Gasteiger partial charge on any atom is 0.293 e. The summed E-state index contributed by atoms with van der Waals surface area (Å²) < 4.78 is 13.9. The van der Waals surface area contributed by atoms with Crippen molar-refractivity contribution in [2.75, 3.05) is 61.5 Å². The zero-order chi connectivity index (χ0) is 47.3. The number of anilines is 4. The number of halogens is 1. The number of rotatable bonds is 13. The number of ether oxygens (including phenoxy) is 2. The number of piperidine rings is 2. The van der Waals surface area contributed by atoms with Crippen LogP contribution in [0.5, 0.6) is 5.75 Å². The maximum absolute atomic E-state index is 13.7. The third-order valence-corrected chi connectivity index (χ3v) is 14.3. The van der Waals surface area contributed by atoms with Crippen molar-refractivity contribution in [2.24, 2.45) is 0 Å². The van der Waals surface area contributed by atoms with Crippen molar-refractivity contribution >= 4 is 75.2 Å². The van der Waals surface area contributed by atoms with Crippen LogP contribution in [0.3, 0.4) is 0 Å². The van der Waals surface area contributed by atoms with E-state index in [4.69, 9.17) is 26.1 Å². The van der Waals surface area contributed by atoms with E-state index in [1.165, 1.54) is 7.05 Å². The van der Waals surface area contributed by atoms with E-state index in [0.717, 1.165) is 91.9 Å². The number of carbonyl (C=O) groups is 5. The van der Waals surface area contributed by atoms with Crippen LogP contribution in [-0.4, -0.2) is 131 Å². The van der Waals surface area contributed by atoms with Gasteiger partial charge in [-0.1, -0.05) is 18.5 Å². The minimum absolute atomic E-state index is 0.0809. The van der Waals surface area contributed by atoms with Gasteiger partial charge in [-0.25, -0.2) is 4.98 Å². The fourth-order valence-corrected chi connectivity index (χ4v) is 10.4. The second-order valence-corrected chi connectivity index (χ2v) is 18.8. The van der Waals surface area contributed by atoms with E-state index in [2.05, 4.69) is 42.6 Å². The van der Waals surface area contributed by atoms with Crippen LogP contribution in [0.1, 0.15) is 98.0 Å². The predicted molar refractivity (Wildman–Crippen MR) is 252 cm³/mol. The van der Waals surface area contributed by atoms with Gasteiger partial charge in [-0.3, -0.25) is 43.9 Å². The summed E-state index contributed by atoms with van der Waals surface area (Å²) in [4.78, 5) is 94.2. The van der Waals surface area contributed by atoms with Gasteiger partial charge in [0.25, 0.3) is 23.3 Å². The Balaban J connectivity index is 0.771. The second-order valence-electron chi connectivity index (χ2n) is 18.4. The number of likely N-dealkylation sites (N-methyl/N-ethyl adjacent to an activating group) is 1. The van der Waals surface area contributed by atoms with Gasteiger partial charge in [0.15, 0.2) is 18.2 Å². The van der Waals surface area contributed by atoms with E-state index >= 15 is 0 Å². The second kappa shape index (κ2) is 18.9. The Hall–Kier alpha value is -6.11. The summed E-state index contributed by atoms with van der Waals surface area (Å²) in [5.74, 6) is -1.20. The molecule has 5 amide bonds. The van der Waals surface area contributed by atoms with Crippen molar-refractivity contribution in [2.45, 2.75) is 109 Å². The number of amides is 5. The fraction of sp³-hybridized carbons (Fsp3) is 0.500. The van der Waals surface area contributed by atoms with Crippen molar-refractivity contribution in [3.63, 3.8) is 0 Å². The summed E-state index contributed by atoms with van der Waals surface area (Å²) in [5, 5.41) is 9.22. The first kappa shape index (κ1) is 46.0. The molecule has 354 valence electrons. The molecule has 0 radical (unpaired) electrons. The monoisotopic (exact) mass is 936 g/mol. The molecule has 6 heterocycles. The van der Waals surface area contributed by atoms with E-state index < -0.39 is 29.7 Å². The van der Waals surface area contributed by atoms with Crippen LogP contribution in [0.4, 0.5) is 23.1 Å². The Labute approximate surface area is 393 Å². The predicted octanol–water partition coefficient (Wildman–Crippen LogP) is 4.72. The summed E-state index contributed by atoms with van der Waals surface area (Å²) in [6.45, 7) is 11.6. The number of hydrogen-bond donors (Lipinski definition) is 3. The molecule has 19 heteroatoms. The maximum atomic E-state index is 13.7. The molecule has 2 aromatic heterocycles. The molecule has 3 saturated heterocycles. The van der Waals surface area contributed by atoms with E-state index in [-0.39, 0.29) is 61.0 Å². The van der Waals surface area contributed by atoms with Crippen LogP contribution in [0.2, 0.25) is 5.02 Å². The average Bonchev–Trinajstić information content (AvgIpc) is 3.56. The molecule has 0 bridgehead atoms. The number of carbonyl (C=O) groups excluding carboxylic acids is 5. The highest BCUT2D eigenvalue weighted by Gasteiger charge is 2.46. The number of aromatic nitrogens is 3. The molecule has 18 nitrogen and oxygen atoms in total. The van der Waals surface area contributed by atoms with Gasteiger partial charge in [0.2, 0.25) is 17.8 Å². The first-order valence-electron chi connectivity index (χ1n) is 23.3. The minimum atomic E-state index is -0.995. The highest BCUT2D eigenvalue weighted by molar-refractivity contribution is 6.33. The standard InChI is InChI=1S/C48H57ClN10O8/c1-6-30-24-56(17-18-57(30)36-10-8-34-42(27(36)4)47(65)59(45(34)63)38-11-12-40(60)53-44(38)62)31-21-33(22-31)67-32-13-15-55(16-14-32)48-51-23-35(49)43(54-48)52-29-7-9-37-28(19-29)20-39(66-25-41(61)50-5)46(64)58(37)26(2)3/h7-10,19-20,23,26,30-33,38H,6,11-18,21-22,24-25H2,1-5H3,(H,50,61)(H,51,52,54)(H,53,60,62)/t30-,31?,33?,38?/m1/s1. The number of pyridine rings is 1. The lowest BCUT2D eigenvalue weighted by Crippen LogP contribution is -2.59. The minimum Gasteiger partial charge on any atom is -0.478 e. The average molecular weight is 937 g/mol. The Morgan fingerprint density at radius 1 is 0.970 bits per heavy atom. The highest BCUT2D eigenvalue weighted by atomic mass is 35.5. The van der Waals surface area contributed by atoms with Gasteiger partial charge in [-0.15, -0.1) is 0 Å². The normalized spacial score (nSPS) is 22.6. The molecule has 1 saturated carbocycles. The van der Waals surface area contributed by atoms with Crippen LogP contribution < -0.4 is 36.0 Å². The molecule has 67 heavy (non-hydrogen) atoms. The lowest BCUT2D eigenvalue weighted by molar-refractivity contribution is -0.136. The fourth-order valence-electron chi connectivity index (χ4n) is 10.3. The third-order valence-electron chi connectivity index (χ3n) is 14.0. The van der Waals surface area contributed by atoms with Crippen molar-refractivity contribution < 1.29 is 33.4 Å². The molecule has 4 aromatic rings. The van der Waals surface area contributed by atoms with E-state index in [0.29, 0.717) is 39.6 Å². The van der Waals surface area contributed by atoms with Crippen LogP contribution >= 0.6 is 11.6 Å². The molecule has 2 aromatic carbocycles. The summed E-state index contributed by atoms with van der Waals surface area (Å²) in [6.07, 6.45) is 6.70. The van der Waals surface area contributed by atoms with E-state index in [9.17, 15) is 28.8 Å². The van der Waals surface area contributed by atoms with Crippen LogP contribution in [0, 0.1) is 6.92 Å². The number of nitrogens with zero attached hydrogens (tertiary/aromatic N) is 7. The molecule has 9 rings (SSSR count). The largest absolute Gasteiger partial charge is 0.478 e. The Morgan fingerprint density at radius 2 is 1.75 bits per heavy atom. The molecule has 0 spiro atoms. The number of benzene rings is 2. The van der Waals surface area contributed by atoms with Crippen LogP contribution in [0.15, 0.2) is 47.4 Å². The molecule has 2 atom stereocenters. The summed E-state index contributed by atoms with van der Waals surface area (Å²) in [7, 11) is 1.51. The van der Waals surface area contributed by atoms with Gasteiger partial charge < -0.3 is 34.5 Å². The highest BCUT2D eigenvalue weighted by Crippen LogP contribution is 2.38. The van der Waals surface area contributed by atoms with Crippen molar-refractivity contribution in [1.29, 1.82) is 0 Å². The van der Waals surface area contributed by atoms with E-state index in [1.807, 2.05) is 45.0 Å². The number of fused-ring (bicyclic) bond motifs is 2. The zero-order valence-electron chi connectivity index (χ0n) is 38.5. The van der Waals surface area contributed by atoms with Crippen molar-refractivity contribution in [3.8, 4) is 5.75 Å².